The fraction of sp³-hybridized carbons (Fsp3) is 1.00. The molecule has 0 aromatic rings. The number of rotatable bonds is 4. The molecular weight excluding hydrogens is 184 g/mol. The van der Waals surface area contributed by atoms with E-state index in [-0.39, 0.29) is 0 Å². The maximum atomic E-state index is 3.66. The predicted octanol–water partition coefficient (Wildman–Crippen LogP) is 2.25. The first-order valence-electron chi connectivity index (χ1n) is 6.78. The summed E-state index contributed by atoms with van der Waals surface area (Å²) >= 11 is 0. The maximum absolute atomic E-state index is 3.66. The van der Waals surface area contributed by atoms with Crippen LogP contribution < -0.4 is 5.32 Å². The van der Waals surface area contributed by atoms with Crippen molar-refractivity contribution in [2.75, 3.05) is 19.6 Å². The Bertz CT molecular complexity index is 193. The molecule has 1 aliphatic carbocycles. The lowest BCUT2D eigenvalue weighted by atomic mass is 10.0. The van der Waals surface area contributed by atoms with Gasteiger partial charge in [0.2, 0.25) is 0 Å². The molecular formula is C13H26N2. The number of likely N-dealkylation sites (tertiary alicyclic amines) is 1. The van der Waals surface area contributed by atoms with Crippen molar-refractivity contribution in [3.8, 4) is 0 Å². The van der Waals surface area contributed by atoms with Crippen LogP contribution in [0.2, 0.25) is 0 Å². The van der Waals surface area contributed by atoms with Crippen LogP contribution >= 0.6 is 0 Å². The van der Waals surface area contributed by atoms with Gasteiger partial charge >= 0.3 is 0 Å². The van der Waals surface area contributed by atoms with Crippen LogP contribution in [0.5, 0.6) is 0 Å². The van der Waals surface area contributed by atoms with Crippen LogP contribution in [0, 0.1) is 5.92 Å². The van der Waals surface area contributed by atoms with Gasteiger partial charge in [-0.2, -0.15) is 0 Å². The molecule has 2 fully saturated rings. The van der Waals surface area contributed by atoms with Gasteiger partial charge < -0.3 is 10.2 Å². The van der Waals surface area contributed by atoms with E-state index in [0.717, 1.165) is 24.5 Å². The highest BCUT2D eigenvalue weighted by Crippen LogP contribution is 2.28. The summed E-state index contributed by atoms with van der Waals surface area (Å²) in [4.78, 5) is 2.71. The van der Waals surface area contributed by atoms with Crippen LogP contribution in [-0.4, -0.2) is 36.6 Å². The first-order chi connectivity index (χ1) is 7.31. The van der Waals surface area contributed by atoms with Gasteiger partial charge in [0.1, 0.15) is 0 Å². The molecule has 1 heterocycles. The molecule has 0 aromatic heterocycles. The second-order valence-corrected chi connectivity index (χ2v) is 5.34. The Hall–Kier alpha value is -0.0800. The van der Waals surface area contributed by atoms with Gasteiger partial charge in [0.15, 0.2) is 0 Å². The Morgan fingerprint density at radius 3 is 2.73 bits per heavy atom. The molecule has 0 bridgehead atoms. The van der Waals surface area contributed by atoms with E-state index in [1.54, 1.807) is 0 Å². The van der Waals surface area contributed by atoms with E-state index >= 15 is 0 Å². The molecule has 0 radical (unpaired) electrons. The molecule has 2 heteroatoms. The van der Waals surface area contributed by atoms with Crippen LogP contribution in [0.15, 0.2) is 0 Å². The van der Waals surface area contributed by atoms with Gasteiger partial charge in [0.05, 0.1) is 0 Å². The van der Waals surface area contributed by atoms with E-state index in [9.17, 15) is 0 Å². The molecule has 0 spiro atoms. The summed E-state index contributed by atoms with van der Waals surface area (Å²) in [5.41, 5.74) is 0. The molecule has 1 aliphatic heterocycles. The van der Waals surface area contributed by atoms with Gasteiger partial charge in [0, 0.05) is 18.6 Å². The van der Waals surface area contributed by atoms with Gasteiger partial charge in [-0.05, 0) is 51.6 Å². The van der Waals surface area contributed by atoms with Gasteiger partial charge in [-0.1, -0.05) is 13.3 Å². The minimum Gasteiger partial charge on any atom is -0.314 e. The Balaban J connectivity index is 1.82. The zero-order valence-corrected chi connectivity index (χ0v) is 10.3. The molecule has 3 unspecified atom stereocenters. The summed E-state index contributed by atoms with van der Waals surface area (Å²) in [7, 11) is 0. The molecule has 3 atom stereocenters. The van der Waals surface area contributed by atoms with E-state index in [4.69, 9.17) is 0 Å². The van der Waals surface area contributed by atoms with E-state index in [0.29, 0.717) is 0 Å². The molecule has 2 rings (SSSR count). The summed E-state index contributed by atoms with van der Waals surface area (Å²) in [5.74, 6) is 0.922. The second kappa shape index (κ2) is 5.31. The Labute approximate surface area is 94.4 Å². The van der Waals surface area contributed by atoms with Crippen molar-refractivity contribution >= 4 is 0 Å². The number of nitrogens with zero attached hydrogens (tertiary/aromatic N) is 1. The van der Waals surface area contributed by atoms with Crippen LogP contribution in [0.1, 0.15) is 46.0 Å². The summed E-state index contributed by atoms with van der Waals surface area (Å²) < 4.78 is 0. The molecule has 2 nitrogen and oxygen atoms in total. The zero-order valence-electron chi connectivity index (χ0n) is 10.3. The van der Waals surface area contributed by atoms with Crippen LogP contribution in [-0.2, 0) is 0 Å². The van der Waals surface area contributed by atoms with Crippen LogP contribution in [0.3, 0.4) is 0 Å². The maximum Gasteiger partial charge on any atom is 0.0107 e. The quantitative estimate of drug-likeness (QED) is 0.765. The van der Waals surface area contributed by atoms with Crippen molar-refractivity contribution < 1.29 is 0 Å². The molecule has 1 saturated heterocycles. The third kappa shape index (κ3) is 2.73. The third-order valence-corrected chi connectivity index (χ3v) is 4.28. The standard InChI is InChI=1S/C13H26N2/c1-3-14-13-8-4-7-12(13)10-15-9-5-6-11(15)2/h11-14H,3-10H2,1-2H3. The average molecular weight is 210 g/mol. The molecule has 1 saturated carbocycles. The van der Waals surface area contributed by atoms with Crippen molar-refractivity contribution in [2.24, 2.45) is 5.92 Å². The van der Waals surface area contributed by atoms with Gasteiger partial charge in [0.25, 0.3) is 0 Å². The fourth-order valence-corrected chi connectivity index (χ4v) is 3.35. The highest BCUT2D eigenvalue weighted by atomic mass is 15.2. The highest BCUT2D eigenvalue weighted by molar-refractivity contribution is 4.87. The number of nitrogens with one attached hydrogen (secondary N) is 1. The van der Waals surface area contributed by atoms with Crippen molar-refractivity contribution in [3.63, 3.8) is 0 Å². The summed E-state index contributed by atoms with van der Waals surface area (Å²) in [6.07, 6.45) is 7.12. The van der Waals surface area contributed by atoms with E-state index in [1.165, 1.54) is 45.2 Å². The molecule has 15 heavy (non-hydrogen) atoms. The third-order valence-electron chi connectivity index (χ3n) is 4.28. The topological polar surface area (TPSA) is 15.3 Å². The molecule has 0 aromatic carbocycles. The Morgan fingerprint density at radius 2 is 2.07 bits per heavy atom. The largest absolute Gasteiger partial charge is 0.314 e. The first-order valence-corrected chi connectivity index (χ1v) is 6.78. The van der Waals surface area contributed by atoms with Crippen LogP contribution in [0.25, 0.3) is 0 Å². The minimum absolute atomic E-state index is 0.808. The van der Waals surface area contributed by atoms with Crippen molar-refractivity contribution in [1.82, 2.24) is 10.2 Å². The van der Waals surface area contributed by atoms with Gasteiger partial charge in [-0.15, -0.1) is 0 Å². The van der Waals surface area contributed by atoms with Gasteiger partial charge in [-0.3, -0.25) is 0 Å². The Kier molecular flexibility index (Phi) is 4.04. The normalized spacial score (nSPS) is 37.6. The fourth-order valence-electron chi connectivity index (χ4n) is 3.35. The zero-order chi connectivity index (χ0) is 10.7. The minimum atomic E-state index is 0.808. The predicted molar refractivity (Wildman–Crippen MR) is 65.1 cm³/mol. The van der Waals surface area contributed by atoms with Crippen molar-refractivity contribution in [1.29, 1.82) is 0 Å². The van der Waals surface area contributed by atoms with E-state index in [2.05, 4.69) is 24.1 Å². The second-order valence-electron chi connectivity index (χ2n) is 5.34. The summed E-state index contributed by atoms with van der Waals surface area (Å²) in [6.45, 7) is 8.45. The van der Waals surface area contributed by atoms with Crippen LogP contribution in [0.4, 0.5) is 0 Å². The summed E-state index contributed by atoms with van der Waals surface area (Å²) in [5, 5.41) is 3.66. The molecule has 88 valence electrons. The molecule has 0 amide bonds. The monoisotopic (exact) mass is 210 g/mol. The van der Waals surface area contributed by atoms with Crippen molar-refractivity contribution in [3.05, 3.63) is 0 Å². The molecule has 2 aliphatic rings. The average Bonchev–Trinajstić information content (AvgIpc) is 2.80. The van der Waals surface area contributed by atoms with E-state index < -0.39 is 0 Å². The number of hydrogen-bond donors (Lipinski definition) is 1. The van der Waals surface area contributed by atoms with Gasteiger partial charge in [-0.25, -0.2) is 0 Å². The summed E-state index contributed by atoms with van der Waals surface area (Å²) in [6, 6.07) is 1.65. The van der Waals surface area contributed by atoms with E-state index in [1.807, 2.05) is 0 Å². The first kappa shape index (κ1) is 11.4. The smallest absolute Gasteiger partial charge is 0.0107 e. The lowest BCUT2D eigenvalue weighted by Gasteiger charge is -2.28. The molecule has 1 N–H and O–H groups in total. The SMILES string of the molecule is CCNC1CCCC1CN1CCCC1C. The number of hydrogen-bond acceptors (Lipinski definition) is 2. The lowest BCUT2D eigenvalue weighted by molar-refractivity contribution is 0.209. The van der Waals surface area contributed by atoms with Crippen molar-refractivity contribution in [2.45, 2.75) is 58.0 Å². The Morgan fingerprint density at radius 1 is 1.20 bits per heavy atom. The lowest BCUT2D eigenvalue weighted by Crippen LogP contribution is -2.40. The highest BCUT2D eigenvalue weighted by Gasteiger charge is 2.30.